The lowest BCUT2D eigenvalue weighted by molar-refractivity contribution is 0.196. The molecule has 0 unspecified atom stereocenters. The molecule has 2 heterocycles. The molecule has 0 radical (unpaired) electrons. The number of sulfone groups is 1. The van der Waals surface area contributed by atoms with Gasteiger partial charge in [0, 0.05) is 16.6 Å². The molecule has 0 amide bonds. The summed E-state index contributed by atoms with van der Waals surface area (Å²) in [5.41, 5.74) is 2.96. The van der Waals surface area contributed by atoms with Crippen molar-refractivity contribution in [2.75, 3.05) is 18.6 Å². The number of nitrogens with zero attached hydrogens (tertiary/aromatic N) is 4. The molecule has 3 aromatic rings. The maximum atomic E-state index is 11.9. The Labute approximate surface area is 186 Å². The third kappa shape index (κ3) is 4.37. The van der Waals surface area contributed by atoms with Gasteiger partial charge in [-0.3, -0.25) is 9.47 Å². The van der Waals surface area contributed by atoms with Crippen molar-refractivity contribution in [2.24, 2.45) is 0 Å². The van der Waals surface area contributed by atoms with Crippen LogP contribution in [0.25, 0.3) is 17.1 Å². The van der Waals surface area contributed by atoms with Crippen molar-refractivity contribution < 1.29 is 8.42 Å². The summed E-state index contributed by atoms with van der Waals surface area (Å²) in [6.45, 7) is 2.45. The van der Waals surface area contributed by atoms with E-state index in [0.29, 0.717) is 22.9 Å². The lowest BCUT2D eigenvalue weighted by Crippen LogP contribution is -2.34. The minimum absolute atomic E-state index is 0.0278. The van der Waals surface area contributed by atoms with Crippen molar-refractivity contribution in [1.82, 2.24) is 19.2 Å². The maximum absolute atomic E-state index is 11.9. The van der Waals surface area contributed by atoms with Crippen LogP contribution in [0, 0.1) is 11.7 Å². The molecule has 4 rings (SSSR count). The van der Waals surface area contributed by atoms with Crippen LogP contribution >= 0.6 is 23.8 Å². The summed E-state index contributed by atoms with van der Waals surface area (Å²) in [6, 6.07) is 15.6. The first-order valence-corrected chi connectivity index (χ1v) is 12.3. The van der Waals surface area contributed by atoms with Crippen LogP contribution in [0.2, 0.25) is 5.02 Å². The van der Waals surface area contributed by atoms with Gasteiger partial charge < -0.3 is 0 Å². The Kier molecular flexibility index (Phi) is 5.85. The molecule has 0 aliphatic carbocycles. The second-order valence-electron chi connectivity index (χ2n) is 7.74. The molecule has 1 fully saturated rings. The van der Waals surface area contributed by atoms with Gasteiger partial charge in [0.2, 0.25) is 4.77 Å². The summed E-state index contributed by atoms with van der Waals surface area (Å²) in [6.07, 6.45) is 0.634. The number of halogens is 1. The van der Waals surface area contributed by atoms with Crippen LogP contribution < -0.4 is 0 Å². The minimum atomic E-state index is -2.96. The Morgan fingerprint density at radius 1 is 1.23 bits per heavy atom. The highest BCUT2D eigenvalue weighted by Crippen LogP contribution is 2.25. The van der Waals surface area contributed by atoms with Gasteiger partial charge in [0.1, 0.15) is 0 Å². The summed E-state index contributed by atoms with van der Waals surface area (Å²) < 4.78 is 28.0. The topological polar surface area (TPSA) is 60.1 Å². The molecule has 1 atom stereocenters. The highest BCUT2D eigenvalue weighted by atomic mass is 35.5. The van der Waals surface area contributed by atoms with Crippen LogP contribution in [-0.2, 0) is 16.5 Å². The SMILES string of the molecule is Cc1cccc(-n2c(-c3ccc(Cl)cc3)nn(CN(C)[C@H]3CCS(=O)(=O)C3)c2=S)c1. The number of hydrogen-bond donors (Lipinski definition) is 0. The van der Waals surface area contributed by atoms with Crippen molar-refractivity contribution in [3.05, 3.63) is 63.9 Å². The summed E-state index contributed by atoms with van der Waals surface area (Å²) in [5.74, 6) is 1.13. The fourth-order valence-electron chi connectivity index (χ4n) is 3.74. The van der Waals surface area contributed by atoms with E-state index in [2.05, 4.69) is 6.07 Å². The first-order valence-electron chi connectivity index (χ1n) is 9.67. The third-order valence-electron chi connectivity index (χ3n) is 5.39. The van der Waals surface area contributed by atoms with E-state index in [4.69, 9.17) is 28.9 Å². The fourth-order valence-corrected chi connectivity index (χ4v) is 5.96. The Hall–Kier alpha value is -2.00. The molecule has 9 heteroatoms. The highest BCUT2D eigenvalue weighted by Gasteiger charge is 2.31. The van der Waals surface area contributed by atoms with Crippen LogP contribution in [0.4, 0.5) is 0 Å². The van der Waals surface area contributed by atoms with Crippen molar-refractivity contribution >= 4 is 33.7 Å². The van der Waals surface area contributed by atoms with Crippen LogP contribution in [0.1, 0.15) is 12.0 Å². The van der Waals surface area contributed by atoms with E-state index in [1.54, 1.807) is 4.68 Å². The second kappa shape index (κ2) is 8.26. The first-order chi connectivity index (χ1) is 14.2. The first kappa shape index (κ1) is 21.2. The molecule has 2 aromatic carbocycles. The van der Waals surface area contributed by atoms with Gasteiger partial charge in [-0.2, -0.15) is 0 Å². The molecule has 1 aliphatic rings. The van der Waals surface area contributed by atoms with Crippen LogP contribution in [-0.4, -0.2) is 52.3 Å². The molecule has 158 valence electrons. The van der Waals surface area contributed by atoms with Gasteiger partial charge in [-0.1, -0.05) is 23.7 Å². The van der Waals surface area contributed by atoms with E-state index in [9.17, 15) is 8.42 Å². The van der Waals surface area contributed by atoms with Crippen molar-refractivity contribution in [3.63, 3.8) is 0 Å². The predicted octanol–water partition coefficient (Wildman–Crippen LogP) is 4.11. The molecule has 6 nitrogen and oxygen atoms in total. The molecule has 0 saturated carbocycles. The van der Waals surface area contributed by atoms with E-state index in [1.165, 1.54) is 0 Å². The standard InChI is InChI=1S/C21H23ClN4O2S2/c1-15-4-3-5-18(12-15)26-20(16-6-8-17(22)9-7-16)23-25(21(26)29)14-24(2)19-10-11-30(27,28)13-19/h3-9,12,19H,10-11,13-14H2,1-2H3/t19-/m0/s1. The van der Waals surface area contributed by atoms with Crippen molar-refractivity contribution in [3.8, 4) is 17.1 Å². The summed E-state index contributed by atoms with van der Waals surface area (Å²) >= 11 is 11.9. The third-order valence-corrected chi connectivity index (χ3v) is 7.79. The quantitative estimate of drug-likeness (QED) is 0.534. The number of hydrogen-bond acceptors (Lipinski definition) is 5. The summed E-state index contributed by atoms with van der Waals surface area (Å²) in [5, 5.41) is 5.46. The molecule has 0 spiro atoms. The molecule has 30 heavy (non-hydrogen) atoms. The molecule has 0 bridgehead atoms. The van der Waals surface area contributed by atoms with Gasteiger partial charge >= 0.3 is 0 Å². The zero-order chi connectivity index (χ0) is 21.5. The number of aromatic nitrogens is 3. The van der Waals surface area contributed by atoms with E-state index in [-0.39, 0.29) is 17.5 Å². The van der Waals surface area contributed by atoms with Crippen LogP contribution in [0.3, 0.4) is 0 Å². The smallest absolute Gasteiger partial charge is 0.204 e. The maximum Gasteiger partial charge on any atom is 0.204 e. The lowest BCUT2D eigenvalue weighted by atomic mass is 10.2. The molecular weight excluding hydrogens is 440 g/mol. The Morgan fingerprint density at radius 3 is 2.60 bits per heavy atom. The predicted molar refractivity (Wildman–Crippen MR) is 122 cm³/mol. The fraction of sp³-hybridized carbons (Fsp3) is 0.333. The van der Waals surface area contributed by atoms with Crippen LogP contribution in [0.5, 0.6) is 0 Å². The largest absolute Gasteiger partial charge is 0.283 e. The van der Waals surface area contributed by atoms with E-state index < -0.39 is 9.84 Å². The zero-order valence-electron chi connectivity index (χ0n) is 16.8. The minimum Gasteiger partial charge on any atom is -0.283 e. The zero-order valence-corrected chi connectivity index (χ0v) is 19.2. The van der Waals surface area contributed by atoms with Gasteiger partial charge in [-0.15, -0.1) is 5.10 Å². The van der Waals surface area contributed by atoms with Crippen molar-refractivity contribution in [2.45, 2.75) is 26.1 Å². The van der Waals surface area contributed by atoms with Gasteiger partial charge in [-0.25, -0.2) is 13.1 Å². The second-order valence-corrected chi connectivity index (χ2v) is 10.8. The van der Waals surface area contributed by atoms with Crippen molar-refractivity contribution in [1.29, 1.82) is 0 Å². The molecule has 1 aliphatic heterocycles. The number of benzene rings is 2. The van der Waals surface area contributed by atoms with Gasteiger partial charge in [0.05, 0.1) is 23.9 Å². The van der Waals surface area contributed by atoms with E-state index >= 15 is 0 Å². The molecule has 1 aromatic heterocycles. The lowest BCUT2D eigenvalue weighted by Gasteiger charge is -2.22. The average Bonchev–Trinajstić information content (AvgIpc) is 3.22. The average molecular weight is 463 g/mol. The molecular formula is C21H23ClN4O2S2. The molecule has 0 N–H and O–H groups in total. The Morgan fingerprint density at radius 2 is 1.97 bits per heavy atom. The van der Waals surface area contributed by atoms with Crippen LogP contribution in [0.15, 0.2) is 48.5 Å². The highest BCUT2D eigenvalue weighted by molar-refractivity contribution is 7.91. The van der Waals surface area contributed by atoms with E-state index in [0.717, 1.165) is 22.6 Å². The Bertz CT molecular complexity index is 1230. The monoisotopic (exact) mass is 462 g/mol. The van der Waals surface area contributed by atoms with Gasteiger partial charge in [0.25, 0.3) is 0 Å². The van der Waals surface area contributed by atoms with Gasteiger partial charge in [0.15, 0.2) is 15.7 Å². The number of rotatable bonds is 5. The number of aryl methyl sites for hydroxylation is 1. The normalized spacial score (nSPS) is 18.2. The summed E-state index contributed by atoms with van der Waals surface area (Å²) in [4.78, 5) is 2.01. The summed E-state index contributed by atoms with van der Waals surface area (Å²) in [7, 11) is -1.04. The molecule has 1 saturated heterocycles. The van der Waals surface area contributed by atoms with E-state index in [1.807, 2.05) is 65.9 Å². The van der Waals surface area contributed by atoms with Gasteiger partial charge in [-0.05, 0) is 74.6 Å². The Balaban J connectivity index is 1.76.